The zero-order chi connectivity index (χ0) is 10.6. The van der Waals surface area contributed by atoms with Crippen molar-refractivity contribution in [3.05, 3.63) is 27.5 Å². The van der Waals surface area contributed by atoms with Crippen LogP contribution in [0, 0.1) is 0 Å². The van der Waals surface area contributed by atoms with Crippen molar-refractivity contribution >= 4 is 33.5 Å². The lowest BCUT2D eigenvalue weighted by Gasteiger charge is -2.01. The van der Waals surface area contributed by atoms with E-state index in [1.165, 1.54) is 7.11 Å². The Morgan fingerprint density at radius 3 is 2.93 bits per heavy atom. The number of pyridine rings is 1. The summed E-state index contributed by atoms with van der Waals surface area (Å²) in [6, 6.07) is 3.53. The van der Waals surface area contributed by atoms with E-state index >= 15 is 0 Å². The van der Waals surface area contributed by atoms with Crippen LogP contribution in [0.5, 0.6) is 0 Å². The highest BCUT2D eigenvalue weighted by Gasteiger charge is 2.04. The predicted octanol–water partition coefficient (Wildman–Crippen LogP) is 2.60. The van der Waals surface area contributed by atoms with Gasteiger partial charge in [-0.2, -0.15) is 0 Å². The molecule has 0 aliphatic carbocycles. The lowest BCUT2D eigenvalue weighted by molar-refractivity contribution is -0.140. The maximum Gasteiger partial charge on any atom is 0.305 e. The second kappa shape index (κ2) is 5.32. The molecular weight excluding hydrogens is 269 g/mol. The minimum Gasteiger partial charge on any atom is -0.469 e. The van der Waals surface area contributed by atoms with E-state index < -0.39 is 0 Å². The molecule has 0 aliphatic rings. The third-order valence-corrected chi connectivity index (χ3v) is 2.28. The Balaban J connectivity index is 2.63. The molecule has 14 heavy (non-hydrogen) atoms. The van der Waals surface area contributed by atoms with Crippen LogP contribution in [0.3, 0.4) is 0 Å². The van der Waals surface area contributed by atoms with Crippen molar-refractivity contribution in [3.63, 3.8) is 0 Å². The number of halogens is 2. The number of ether oxygens (including phenoxy) is 1. The van der Waals surface area contributed by atoms with Gasteiger partial charge in [0.25, 0.3) is 0 Å². The summed E-state index contributed by atoms with van der Waals surface area (Å²) < 4.78 is 5.38. The maximum atomic E-state index is 10.9. The Morgan fingerprint density at radius 2 is 2.36 bits per heavy atom. The number of nitrogens with zero attached hydrogens (tertiary/aromatic N) is 1. The molecule has 0 amide bonds. The molecule has 0 aliphatic heterocycles. The van der Waals surface area contributed by atoms with Gasteiger partial charge in [-0.05, 0) is 12.1 Å². The molecule has 0 saturated carbocycles. The Morgan fingerprint density at radius 1 is 1.64 bits per heavy atom. The molecule has 0 aromatic carbocycles. The third kappa shape index (κ3) is 3.64. The molecule has 0 radical (unpaired) electrons. The monoisotopic (exact) mass is 277 g/mol. The number of rotatable bonds is 3. The van der Waals surface area contributed by atoms with E-state index in [1.54, 1.807) is 6.07 Å². The van der Waals surface area contributed by atoms with Crippen LogP contribution < -0.4 is 0 Å². The van der Waals surface area contributed by atoms with Crippen LogP contribution in [0.1, 0.15) is 12.1 Å². The number of aryl methyl sites for hydroxylation is 1. The molecule has 3 nitrogen and oxygen atoms in total. The van der Waals surface area contributed by atoms with Crippen molar-refractivity contribution in [1.82, 2.24) is 4.98 Å². The number of carbonyl (C=O) groups excluding carboxylic acids is 1. The first-order valence-electron chi connectivity index (χ1n) is 4.00. The van der Waals surface area contributed by atoms with E-state index in [9.17, 15) is 4.79 Å². The average molecular weight is 279 g/mol. The van der Waals surface area contributed by atoms with Gasteiger partial charge in [0, 0.05) is 16.6 Å². The van der Waals surface area contributed by atoms with E-state index in [2.05, 4.69) is 25.7 Å². The molecule has 1 rings (SSSR count). The minimum atomic E-state index is -0.247. The van der Waals surface area contributed by atoms with Crippen molar-refractivity contribution in [1.29, 1.82) is 0 Å². The number of aromatic nitrogens is 1. The van der Waals surface area contributed by atoms with Gasteiger partial charge in [-0.15, -0.1) is 0 Å². The van der Waals surface area contributed by atoms with Gasteiger partial charge in [0.2, 0.25) is 0 Å². The van der Waals surface area contributed by atoms with Gasteiger partial charge in [-0.3, -0.25) is 4.79 Å². The lowest BCUT2D eigenvalue weighted by Crippen LogP contribution is -2.03. The molecule has 1 aromatic rings. The van der Waals surface area contributed by atoms with Gasteiger partial charge in [0.15, 0.2) is 0 Å². The summed E-state index contributed by atoms with van der Waals surface area (Å²) in [5.74, 6) is -0.247. The first-order valence-corrected chi connectivity index (χ1v) is 5.17. The third-order valence-electron chi connectivity index (χ3n) is 1.62. The second-order valence-electron chi connectivity index (χ2n) is 2.68. The van der Waals surface area contributed by atoms with Crippen molar-refractivity contribution in [2.75, 3.05) is 7.11 Å². The number of hydrogen-bond donors (Lipinski definition) is 0. The summed E-state index contributed by atoms with van der Waals surface area (Å²) in [5.41, 5.74) is 0.773. The number of hydrogen-bond acceptors (Lipinski definition) is 3. The molecule has 0 atom stereocenters. The summed E-state index contributed by atoms with van der Waals surface area (Å²) in [6.45, 7) is 0. The maximum absolute atomic E-state index is 10.9. The minimum absolute atomic E-state index is 0.247. The van der Waals surface area contributed by atoms with Crippen LogP contribution in [0.2, 0.25) is 5.15 Å². The molecule has 1 heterocycles. The van der Waals surface area contributed by atoms with Crippen molar-refractivity contribution in [3.8, 4) is 0 Å². The molecule has 5 heteroatoms. The summed E-state index contributed by atoms with van der Waals surface area (Å²) in [7, 11) is 1.36. The molecule has 1 aromatic heterocycles. The summed E-state index contributed by atoms with van der Waals surface area (Å²) in [6.07, 6.45) is 0.849. The molecule has 0 saturated heterocycles. The van der Waals surface area contributed by atoms with E-state index in [0.29, 0.717) is 18.0 Å². The SMILES string of the molecule is COC(=O)CCc1cc(Br)cc(Cl)n1. The number of esters is 1. The summed E-state index contributed by atoms with van der Waals surface area (Å²) in [5, 5.41) is 0.416. The van der Waals surface area contributed by atoms with Gasteiger partial charge in [0.1, 0.15) is 5.15 Å². The number of methoxy groups -OCH3 is 1. The Kier molecular flexibility index (Phi) is 4.35. The van der Waals surface area contributed by atoms with Gasteiger partial charge in [-0.1, -0.05) is 27.5 Å². The topological polar surface area (TPSA) is 39.2 Å². The highest BCUT2D eigenvalue weighted by atomic mass is 79.9. The van der Waals surface area contributed by atoms with E-state index in [4.69, 9.17) is 11.6 Å². The molecule has 76 valence electrons. The van der Waals surface area contributed by atoms with Crippen LogP contribution in [0.25, 0.3) is 0 Å². The fraction of sp³-hybridized carbons (Fsp3) is 0.333. The van der Waals surface area contributed by atoms with Crippen LogP contribution in [-0.2, 0) is 16.0 Å². The molecular formula is C9H9BrClNO2. The summed E-state index contributed by atoms with van der Waals surface area (Å²) >= 11 is 9.04. The summed E-state index contributed by atoms with van der Waals surface area (Å²) in [4.78, 5) is 14.9. The largest absolute Gasteiger partial charge is 0.469 e. The molecule has 0 bridgehead atoms. The van der Waals surface area contributed by atoms with Crippen LogP contribution in [0.4, 0.5) is 0 Å². The fourth-order valence-electron chi connectivity index (χ4n) is 0.977. The van der Waals surface area contributed by atoms with Crippen molar-refractivity contribution in [2.45, 2.75) is 12.8 Å². The zero-order valence-corrected chi connectivity index (χ0v) is 9.93. The standard InChI is InChI=1S/C9H9BrClNO2/c1-14-9(13)3-2-7-4-6(10)5-8(11)12-7/h4-5H,2-3H2,1H3. The lowest BCUT2D eigenvalue weighted by atomic mass is 10.2. The van der Waals surface area contributed by atoms with Gasteiger partial charge < -0.3 is 4.74 Å². The first-order chi connectivity index (χ1) is 6.61. The van der Waals surface area contributed by atoms with Crippen LogP contribution >= 0.6 is 27.5 Å². The highest BCUT2D eigenvalue weighted by molar-refractivity contribution is 9.10. The van der Waals surface area contributed by atoms with Crippen LogP contribution in [-0.4, -0.2) is 18.1 Å². The first kappa shape index (κ1) is 11.5. The van der Waals surface area contributed by atoms with Gasteiger partial charge in [-0.25, -0.2) is 4.98 Å². The number of carbonyl (C=O) groups is 1. The van der Waals surface area contributed by atoms with Crippen molar-refractivity contribution < 1.29 is 9.53 Å². The second-order valence-corrected chi connectivity index (χ2v) is 3.98. The molecule has 0 spiro atoms. The van der Waals surface area contributed by atoms with Gasteiger partial charge in [0.05, 0.1) is 13.5 Å². The Hall–Kier alpha value is -0.610. The fourth-order valence-corrected chi connectivity index (χ4v) is 1.82. The quantitative estimate of drug-likeness (QED) is 0.630. The molecule has 0 N–H and O–H groups in total. The van der Waals surface area contributed by atoms with E-state index in [0.717, 1.165) is 10.2 Å². The van der Waals surface area contributed by atoms with Crippen molar-refractivity contribution in [2.24, 2.45) is 0 Å². The Labute approximate surface area is 95.6 Å². The predicted molar refractivity (Wildman–Crippen MR) is 57.3 cm³/mol. The normalized spacial score (nSPS) is 9.93. The highest BCUT2D eigenvalue weighted by Crippen LogP contribution is 2.17. The van der Waals surface area contributed by atoms with Gasteiger partial charge >= 0.3 is 5.97 Å². The Bertz CT molecular complexity index is 323. The molecule has 0 fully saturated rings. The zero-order valence-electron chi connectivity index (χ0n) is 7.59. The smallest absolute Gasteiger partial charge is 0.305 e. The van der Waals surface area contributed by atoms with Crippen LogP contribution in [0.15, 0.2) is 16.6 Å². The van der Waals surface area contributed by atoms with E-state index in [1.807, 2.05) is 6.07 Å². The average Bonchev–Trinajstić information content (AvgIpc) is 2.12. The molecule has 0 unspecified atom stereocenters. The van der Waals surface area contributed by atoms with E-state index in [-0.39, 0.29) is 5.97 Å².